The van der Waals surface area contributed by atoms with E-state index < -0.39 is 6.10 Å². The zero-order valence-electron chi connectivity index (χ0n) is 16.8. The normalized spacial score (nSPS) is 27.0. The number of hydrogen-bond acceptors (Lipinski definition) is 2. The predicted octanol–water partition coefficient (Wildman–Crippen LogP) is 5.74. The second-order valence-electron chi connectivity index (χ2n) is 10.6. The molecule has 0 heterocycles. The van der Waals surface area contributed by atoms with Crippen LogP contribution in [-0.4, -0.2) is 16.3 Å². The van der Waals surface area contributed by atoms with Crippen LogP contribution in [-0.2, 0) is 0 Å². The third kappa shape index (κ3) is 2.98. The van der Waals surface area contributed by atoms with Crippen molar-refractivity contribution in [3.05, 3.63) is 29.8 Å². The van der Waals surface area contributed by atoms with Crippen molar-refractivity contribution in [1.29, 1.82) is 0 Å². The second-order valence-corrected chi connectivity index (χ2v) is 10.6. The minimum Gasteiger partial charge on any atom is -0.508 e. The lowest BCUT2D eigenvalue weighted by Gasteiger charge is -2.63. The quantitative estimate of drug-likeness (QED) is 0.689. The number of rotatable bonds is 1. The summed E-state index contributed by atoms with van der Waals surface area (Å²) in [6.45, 7) is 18.1. The molecule has 2 unspecified atom stereocenters. The third-order valence-electron chi connectivity index (χ3n) is 6.43. The van der Waals surface area contributed by atoms with E-state index in [9.17, 15) is 10.2 Å². The molecule has 0 saturated heterocycles. The van der Waals surface area contributed by atoms with Crippen LogP contribution < -0.4 is 0 Å². The minimum absolute atomic E-state index is 0.0478. The van der Waals surface area contributed by atoms with Gasteiger partial charge in [0.1, 0.15) is 5.75 Å². The van der Waals surface area contributed by atoms with Gasteiger partial charge in [-0.2, -0.15) is 0 Å². The molecule has 0 aromatic heterocycles. The molecule has 1 aliphatic carbocycles. The van der Waals surface area contributed by atoms with Gasteiger partial charge >= 0.3 is 0 Å². The lowest BCUT2D eigenvalue weighted by atomic mass is 9.42. The SMILES string of the molecule is CC1(C)CC(c2ccccc2O)C(O)C(C(C)(C)C)(C(C)(C)C)C1. The summed E-state index contributed by atoms with van der Waals surface area (Å²) in [6, 6.07) is 7.51. The smallest absolute Gasteiger partial charge is 0.119 e. The van der Waals surface area contributed by atoms with Crippen molar-refractivity contribution in [2.24, 2.45) is 21.7 Å². The van der Waals surface area contributed by atoms with Gasteiger partial charge in [0.25, 0.3) is 0 Å². The summed E-state index contributed by atoms with van der Waals surface area (Å²) in [4.78, 5) is 0. The predicted molar refractivity (Wildman–Crippen MR) is 101 cm³/mol. The number of aromatic hydroxyl groups is 1. The van der Waals surface area contributed by atoms with E-state index in [1.807, 2.05) is 18.2 Å². The lowest BCUT2D eigenvalue weighted by Crippen LogP contribution is -2.60. The fraction of sp³-hybridized carbons (Fsp3) is 0.727. The van der Waals surface area contributed by atoms with E-state index in [1.54, 1.807) is 6.07 Å². The highest BCUT2D eigenvalue weighted by atomic mass is 16.3. The van der Waals surface area contributed by atoms with Gasteiger partial charge in [-0.3, -0.25) is 0 Å². The first-order valence-electron chi connectivity index (χ1n) is 9.19. The summed E-state index contributed by atoms with van der Waals surface area (Å²) < 4.78 is 0. The largest absolute Gasteiger partial charge is 0.508 e. The summed E-state index contributed by atoms with van der Waals surface area (Å²) >= 11 is 0. The van der Waals surface area contributed by atoms with Gasteiger partial charge in [-0.15, -0.1) is 0 Å². The molecule has 1 fully saturated rings. The topological polar surface area (TPSA) is 40.5 Å². The Bertz CT molecular complexity index is 573. The van der Waals surface area contributed by atoms with E-state index in [0.29, 0.717) is 5.75 Å². The maximum atomic E-state index is 11.6. The van der Waals surface area contributed by atoms with Crippen LogP contribution in [0, 0.1) is 21.7 Å². The Hall–Kier alpha value is -1.02. The average molecular weight is 333 g/mol. The average Bonchev–Trinajstić information content (AvgIpc) is 2.39. The molecule has 0 amide bonds. The molecule has 2 N–H and O–H groups in total. The first-order valence-corrected chi connectivity index (χ1v) is 9.19. The van der Waals surface area contributed by atoms with E-state index in [-0.39, 0.29) is 27.6 Å². The number of para-hydroxylation sites is 1. The molecule has 0 bridgehead atoms. The van der Waals surface area contributed by atoms with Gasteiger partial charge in [0, 0.05) is 11.3 Å². The van der Waals surface area contributed by atoms with Crippen LogP contribution >= 0.6 is 0 Å². The number of phenols is 1. The van der Waals surface area contributed by atoms with Crippen LogP contribution in [0.4, 0.5) is 0 Å². The molecule has 2 nitrogen and oxygen atoms in total. The van der Waals surface area contributed by atoms with E-state index in [0.717, 1.165) is 18.4 Å². The molecule has 2 rings (SSSR count). The Morgan fingerprint density at radius 2 is 1.46 bits per heavy atom. The zero-order valence-corrected chi connectivity index (χ0v) is 16.8. The zero-order chi connectivity index (χ0) is 18.6. The van der Waals surface area contributed by atoms with Crippen LogP contribution in [0.2, 0.25) is 0 Å². The maximum Gasteiger partial charge on any atom is 0.119 e. The van der Waals surface area contributed by atoms with Gasteiger partial charge in [-0.1, -0.05) is 73.6 Å². The van der Waals surface area contributed by atoms with Crippen molar-refractivity contribution in [3.8, 4) is 5.75 Å². The molecular formula is C22H36O2. The van der Waals surface area contributed by atoms with E-state index >= 15 is 0 Å². The number of hydrogen-bond donors (Lipinski definition) is 2. The van der Waals surface area contributed by atoms with E-state index in [4.69, 9.17) is 0 Å². The van der Waals surface area contributed by atoms with Gasteiger partial charge in [0.2, 0.25) is 0 Å². The fourth-order valence-corrected chi connectivity index (χ4v) is 5.61. The van der Waals surface area contributed by atoms with Crippen molar-refractivity contribution >= 4 is 0 Å². The molecule has 2 heteroatoms. The molecule has 1 aromatic rings. The molecule has 1 aromatic carbocycles. The first-order chi connectivity index (χ1) is 10.7. The third-order valence-corrected chi connectivity index (χ3v) is 6.43. The van der Waals surface area contributed by atoms with Crippen molar-refractivity contribution in [3.63, 3.8) is 0 Å². The molecule has 0 spiro atoms. The highest BCUT2D eigenvalue weighted by Crippen LogP contribution is 2.66. The number of benzene rings is 1. The standard InChI is InChI=1S/C22H36O2/c1-19(2,3)22(20(4,5)6)14-21(7,8)13-16(18(22)24)15-11-9-10-12-17(15)23/h9-12,16,18,23-24H,13-14H2,1-8H3. The van der Waals surface area contributed by atoms with Crippen LogP contribution in [0.5, 0.6) is 5.75 Å². The minimum atomic E-state index is -0.487. The molecule has 136 valence electrons. The molecule has 0 aliphatic heterocycles. The van der Waals surface area contributed by atoms with Gasteiger partial charge in [0.15, 0.2) is 0 Å². The monoisotopic (exact) mass is 332 g/mol. The Balaban J connectivity index is 2.67. The van der Waals surface area contributed by atoms with Gasteiger partial charge in [-0.25, -0.2) is 0 Å². The highest BCUT2D eigenvalue weighted by Gasteiger charge is 2.61. The fourth-order valence-electron chi connectivity index (χ4n) is 5.61. The molecule has 24 heavy (non-hydrogen) atoms. The summed E-state index contributed by atoms with van der Waals surface area (Å²) in [6.07, 6.45) is 1.39. The van der Waals surface area contributed by atoms with Gasteiger partial charge in [-0.05, 0) is 40.7 Å². The molecule has 0 radical (unpaired) electrons. The number of aliphatic hydroxyl groups is 1. The van der Waals surface area contributed by atoms with Crippen molar-refractivity contribution in [1.82, 2.24) is 0 Å². The van der Waals surface area contributed by atoms with Crippen molar-refractivity contribution in [2.75, 3.05) is 0 Å². The summed E-state index contributed by atoms with van der Waals surface area (Å²) in [5, 5.41) is 22.1. The first kappa shape index (κ1) is 19.3. The van der Waals surface area contributed by atoms with Crippen LogP contribution in [0.1, 0.15) is 79.7 Å². The Morgan fingerprint density at radius 3 is 1.92 bits per heavy atom. The maximum absolute atomic E-state index is 11.6. The summed E-state index contributed by atoms with van der Waals surface area (Å²) in [5.41, 5.74) is 0.646. The Labute approximate surface area is 148 Å². The van der Waals surface area contributed by atoms with Crippen molar-refractivity contribution in [2.45, 2.75) is 80.3 Å². The molecule has 2 atom stereocenters. The number of aliphatic hydroxyl groups excluding tert-OH is 1. The van der Waals surface area contributed by atoms with Crippen LogP contribution in [0.25, 0.3) is 0 Å². The van der Waals surface area contributed by atoms with Gasteiger partial charge in [0.05, 0.1) is 6.10 Å². The number of phenolic OH excluding ortho intramolecular Hbond substituents is 1. The Morgan fingerprint density at radius 1 is 0.958 bits per heavy atom. The summed E-state index contributed by atoms with van der Waals surface area (Å²) in [7, 11) is 0. The van der Waals surface area contributed by atoms with E-state index in [2.05, 4.69) is 55.4 Å². The van der Waals surface area contributed by atoms with Crippen LogP contribution in [0.15, 0.2) is 24.3 Å². The van der Waals surface area contributed by atoms with Crippen molar-refractivity contribution < 1.29 is 10.2 Å². The van der Waals surface area contributed by atoms with Crippen LogP contribution in [0.3, 0.4) is 0 Å². The highest BCUT2D eigenvalue weighted by molar-refractivity contribution is 5.37. The van der Waals surface area contributed by atoms with Gasteiger partial charge < -0.3 is 10.2 Å². The van der Waals surface area contributed by atoms with E-state index in [1.165, 1.54) is 0 Å². The molecule has 1 saturated carbocycles. The second kappa shape index (κ2) is 5.76. The lowest BCUT2D eigenvalue weighted by molar-refractivity contribution is -0.186. The molecular weight excluding hydrogens is 296 g/mol. The summed E-state index contributed by atoms with van der Waals surface area (Å²) in [5.74, 6) is 0.254. The molecule has 1 aliphatic rings. The Kier molecular flexibility index (Phi) is 4.63.